The number of piperidine rings is 1. The van der Waals surface area contributed by atoms with E-state index in [4.69, 9.17) is 0 Å². The van der Waals surface area contributed by atoms with E-state index in [1.54, 1.807) is 12.1 Å². The maximum absolute atomic E-state index is 11.9. The van der Waals surface area contributed by atoms with Gasteiger partial charge in [-0.3, -0.25) is 19.3 Å². The number of imide groups is 1. The van der Waals surface area contributed by atoms with Crippen LogP contribution in [0.4, 0.5) is 0 Å². The molecule has 1 fully saturated rings. The minimum Gasteiger partial charge on any atom is -0.508 e. The fourth-order valence-corrected chi connectivity index (χ4v) is 2.15. The number of carbonyl (C=O) groups excluding carboxylic acids is 3. The van der Waals surface area contributed by atoms with Gasteiger partial charge < -0.3 is 10.4 Å². The van der Waals surface area contributed by atoms with Crippen LogP contribution in [0, 0.1) is 0 Å². The molecule has 6 heteroatoms. The minimum atomic E-state index is -0.650. The quantitative estimate of drug-likeness (QED) is 0.772. The van der Waals surface area contributed by atoms with Crippen molar-refractivity contribution in [2.75, 3.05) is 7.05 Å². The number of phenolic OH excluding ortho intramolecular Hbond substituents is 1. The van der Waals surface area contributed by atoms with Crippen LogP contribution in [-0.4, -0.2) is 40.8 Å². The van der Waals surface area contributed by atoms with E-state index in [0.717, 1.165) is 4.90 Å². The van der Waals surface area contributed by atoms with Crippen LogP contribution < -0.4 is 5.32 Å². The molecule has 0 radical (unpaired) electrons. The van der Waals surface area contributed by atoms with E-state index in [1.807, 2.05) is 0 Å². The summed E-state index contributed by atoms with van der Waals surface area (Å²) in [7, 11) is 1.41. The van der Waals surface area contributed by atoms with Crippen molar-refractivity contribution in [1.29, 1.82) is 0 Å². The Morgan fingerprint density at radius 2 is 2.20 bits per heavy atom. The summed E-state index contributed by atoms with van der Waals surface area (Å²) in [5.41, 5.74) is 0.662. The summed E-state index contributed by atoms with van der Waals surface area (Å²) < 4.78 is 0. The number of rotatable bonds is 3. The Bertz CT molecular complexity index is 556. The summed E-state index contributed by atoms with van der Waals surface area (Å²) in [6, 6.07) is 5.74. The first-order chi connectivity index (χ1) is 9.47. The molecule has 0 bridgehead atoms. The fraction of sp³-hybridized carbons (Fsp3) is 0.357. The third-order valence-electron chi connectivity index (χ3n) is 3.26. The Labute approximate surface area is 116 Å². The Balaban J connectivity index is 1.95. The molecule has 2 N–H and O–H groups in total. The summed E-state index contributed by atoms with van der Waals surface area (Å²) in [5.74, 6) is -0.829. The van der Waals surface area contributed by atoms with Crippen LogP contribution in [-0.2, 0) is 20.8 Å². The van der Waals surface area contributed by atoms with Crippen molar-refractivity contribution in [2.24, 2.45) is 0 Å². The molecule has 0 aromatic heterocycles. The van der Waals surface area contributed by atoms with Gasteiger partial charge in [0.1, 0.15) is 11.8 Å². The molecule has 1 aromatic carbocycles. The topological polar surface area (TPSA) is 86.7 Å². The number of phenols is 1. The number of likely N-dealkylation sites (tertiary alicyclic amines) is 1. The van der Waals surface area contributed by atoms with Gasteiger partial charge in [0.2, 0.25) is 11.8 Å². The predicted octanol–water partition coefficient (Wildman–Crippen LogP) is 0.198. The van der Waals surface area contributed by atoms with Gasteiger partial charge in [-0.05, 0) is 24.1 Å². The van der Waals surface area contributed by atoms with Crippen molar-refractivity contribution < 1.29 is 19.5 Å². The largest absolute Gasteiger partial charge is 0.508 e. The molecule has 6 nitrogen and oxygen atoms in total. The zero-order valence-corrected chi connectivity index (χ0v) is 11.1. The molecule has 1 aliphatic rings. The van der Waals surface area contributed by atoms with Gasteiger partial charge >= 0.3 is 0 Å². The highest BCUT2D eigenvalue weighted by Crippen LogP contribution is 2.13. The Morgan fingerprint density at radius 1 is 1.45 bits per heavy atom. The number of aromatic hydroxyl groups is 1. The van der Waals surface area contributed by atoms with Crippen LogP contribution in [0.1, 0.15) is 18.4 Å². The molecule has 1 aromatic rings. The van der Waals surface area contributed by atoms with Crippen molar-refractivity contribution in [1.82, 2.24) is 10.2 Å². The smallest absolute Gasteiger partial charge is 0.251 e. The van der Waals surface area contributed by atoms with E-state index in [9.17, 15) is 19.5 Å². The summed E-state index contributed by atoms with van der Waals surface area (Å²) >= 11 is 0. The average molecular weight is 276 g/mol. The molecule has 0 spiro atoms. The lowest BCUT2D eigenvalue weighted by Gasteiger charge is -2.28. The molecule has 1 saturated heterocycles. The number of nitrogens with one attached hydrogen (secondary N) is 1. The van der Waals surface area contributed by atoms with Crippen molar-refractivity contribution in [3.8, 4) is 5.75 Å². The summed E-state index contributed by atoms with van der Waals surface area (Å²) in [4.78, 5) is 36.1. The van der Waals surface area contributed by atoms with Gasteiger partial charge in [0, 0.05) is 13.5 Å². The van der Waals surface area contributed by atoms with Crippen molar-refractivity contribution in [3.05, 3.63) is 29.8 Å². The first-order valence-electron chi connectivity index (χ1n) is 6.35. The van der Waals surface area contributed by atoms with Crippen molar-refractivity contribution in [3.63, 3.8) is 0 Å². The number of likely N-dealkylation sites (N-methyl/N-ethyl adjacent to an activating group) is 1. The van der Waals surface area contributed by atoms with Gasteiger partial charge in [-0.2, -0.15) is 0 Å². The van der Waals surface area contributed by atoms with Gasteiger partial charge in [-0.25, -0.2) is 0 Å². The lowest BCUT2D eigenvalue weighted by atomic mass is 10.0. The maximum Gasteiger partial charge on any atom is 0.251 e. The molecule has 1 heterocycles. The van der Waals surface area contributed by atoms with Gasteiger partial charge in [0.05, 0.1) is 6.42 Å². The number of hydrogen-bond acceptors (Lipinski definition) is 4. The third-order valence-corrected chi connectivity index (χ3v) is 3.26. The Morgan fingerprint density at radius 3 is 2.90 bits per heavy atom. The minimum absolute atomic E-state index is 0.0792. The predicted molar refractivity (Wildman–Crippen MR) is 70.8 cm³/mol. The van der Waals surface area contributed by atoms with Crippen LogP contribution in [0.15, 0.2) is 24.3 Å². The molecule has 3 amide bonds. The van der Waals surface area contributed by atoms with Crippen LogP contribution >= 0.6 is 0 Å². The highest BCUT2D eigenvalue weighted by atomic mass is 16.3. The molecule has 20 heavy (non-hydrogen) atoms. The molecule has 106 valence electrons. The molecule has 2 rings (SSSR count). The van der Waals surface area contributed by atoms with E-state index in [-0.39, 0.29) is 36.3 Å². The Kier molecular flexibility index (Phi) is 4.02. The number of hydrogen-bond donors (Lipinski definition) is 2. The van der Waals surface area contributed by atoms with Crippen LogP contribution in [0.5, 0.6) is 5.75 Å². The number of nitrogens with zero attached hydrogens (tertiary/aromatic N) is 1. The second-order valence-corrected chi connectivity index (χ2v) is 4.80. The molecule has 1 aliphatic heterocycles. The summed E-state index contributed by atoms with van der Waals surface area (Å²) in [5, 5.41) is 11.9. The van der Waals surface area contributed by atoms with Crippen LogP contribution in [0.25, 0.3) is 0 Å². The van der Waals surface area contributed by atoms with E-state index in [2.05, 4.69) is 5.32 Å². The third kappa shape index (κ3) is 3.14. The molecular weight excluding hydrogens is 260 g/mol. The number of carbonyl (C=O) groups is 3. The molecule has 1 atom stereocenters. The van der Waals surface area contributed by atoms with Gasteiger partial charge in [-0.1, -0.05) is 12.1 Å². The first-order valence-corrected chi connectivity index (χ1v) is 6.35. The highest BCUT2D eigenvalue weighted by molar-refractivity contribution is 6.01. The van der Waals surface area contributed by atoms with Crippen LogP contribution in [0.3, 0.4) is 0 Å². The first kappa shape index (κ1) is 14.0. The van der Waals surface area contributed by atoms with Crippen LogP contribution in [0.2, 0.25) is 0 Å². The second kappa shape index (κ2) is 5.73. The Hall–Kier alpha value is -2.37. The van der Waals surface area contributed by atoms with E-state index < -0.39 is 6.04 Å². The van der Waals surface area contributed by atoms with Gasteiger partial charge in [0.15, 0.2) is 0 Å². The molecule has 1 unspecified atom stereocenters. The average Bonchev–Trinajstić information content (AvgIpc) is 2.39. The van der Waals surface area contributed by atoms with E-state index in [1.165, 1.54) is 19.2 Å². The monoisotopic (exact) mass is 276 g/mol. The van der Waals surface area contributed by atoms with E-state index >= 15 is 0 Å². The normalized spacial score (nSPS) is 19.1. The molecule has 0 aliphatic carbocycles. The lowest BCUT2D eigenvalue weighted by Crippen LogP contribution is -2.53. The van der Waals surface area contributed by atoms with Crippen molar-refractivity contribution in [2.45, 2.75) is 25.3 Å². The fourth-order valence-electron chi connectivity index (χ4n) is 2.15. The van der Waals surface area contributed by atoms with Crippen molar-refractivity contribution >= 4 is 17.7 Å². The lowest BCUT2D eigenvalue weighted by molar-refractivity contribution is -0.149. The SMILES string of the molecule is CN1C(=O)CCC(NC(=O)Cc2cccc(O)c2)C1=O. The summed E-state index contributed by atoms with van der Waals surface area (Å²) in [6.45, 7) is 0. The van der Waals surface area contributed by atoms with E-state index in [0.29, 0.717) is 12.0 Å². The number of benzene rings is 1. The van der Waals surface area contributed by atoms with Gasteiger partial charge in [-0.15, -0.1) is 0 Å². The zero-order chi connectivity index (χ0) is 14.7. The maximum atomic E-state index is 11.9. The second-order valence-electron chi connectivity index (χ2n) is 4.80. The summed E-state index contributed by atoms with van der Waals surface area (Å²) in [6.07, 6.45) is 0.656. The number of amides is 3. The van der Waals surface area contributed by atoms with Gasteiger partial charge in [0.25, 0.3) is 5.91 Å². The highest BCUT2D eigenvalue weighted by Gasteiger charge is 2.32. The molecular formula is C14H16N2O4. The standard InChI is InChI=1S/C14H16N2O4/c1-16-13(19)6-5-11(14(16)20)15-12(18)8-9-3-2-4-10(17)7-9/h2-4,7,11,17H,5-6,8H2,1H3,(H,15,18). The molecule has 0 saturated carbocycles. The zero-order valence-electron chi connectivity index (χ0n) is 11.1.